The zero-order valence-corrected chi connectivity index (χ0v) is 10.6. The van der Waals surface area contributed by atoms with Crippen molar-refractivity contribution in [2.45, 2.75) is 25.0 Å². The Morgan fingerprint density at radius 3 is 3.11 bits per heavy atom. The number of aromatic hydroxyl groups is 1. The van der Waals surface area contributed by atoms with E-state index in [-0.39, 0.29) is 11.8 Å². The topological polar surface area (TPSA) is 41.9 Å². The lowest BCUT2D eigenvalue weighted by Crippen LogP contribution is -2.33. The summed E-state index contributed by atoms with van der Waals surface area (Å²) < 4.78 is 11.3. The molecule has 4 nitrogen and oxygen atoms in total. The van der Waals surface area contributed by atoms with E-state index in [2.05, 4.69) is 11.9 Å². The van der Waals surface area contributed by atoms with Gasteiger partial charge in [-0.1, -0.05) is 0 Å². The first-order valence-corrected chi connectivity index (χ1v) is 6.51. The molecule has 0 amide bonds. The van der Waals surface area contributed by atoms with Gasteiger partial charge in [-0.25, -0.2) is 0 Å². The molecule has 2 aliphatic rings. The van der Waals surface area contributed by atoms with Crippen molar-refractivity contribution >= 4 is 0 Å². The number of likely N-dealkylation sites (N-methyl/N-ethyl adjacent to an activating group) is 1. The van der Waals surface area contributed by atoms with E-state index in [0.29, 0.717) is 12.7 Å². The molecule has 0 aromatic heterocycles. The van der Waals surface area contributed by atoms with Crippen molar-refractivity contribution in [3.8, 4) is 11.5 Å². The van der Waals surface area contributed by atoms with Gasteiger partial charge in [-0.2, -0.15) is 0 Å². The summed E-state index contributed by atoms with van der Waals surface area (Å²) in [7, 11) is 2.11. The van der Waals surface area contributed by atoms with E-state index >= 15 is 0 Å². The number of ether oxygens (including phenoxy) is 2. The Hall–Kier alpha value is -1.26. The molecule has 1 saturated heterocycles. The number of phenolic OH excluding ortho intramolecular Hbond substituents is 1. The predicted octanol–water partition coefficient (Wildman–Crippen LogP) is 1.94. The van der Waals surface area contributed by atoms with Gasteiger partial charge in [0.25, 0.3) is 0 Å². The number of hydrogen-bond acceptors (Lipinski definition) is 4. The lowest BCUT2D eigenvalue weighted by molar-refractivity contribution is 0.0638. The van der Waals surface area contributed by atoms with Gasteiger partial charge < -0.3 is 14.6 Å². The highest BCUT2D eigenvalue weighted by Crippen LogP contribution is 2.37. The van der Waals surface area contributed by atoms with Crippen LogP contribution in [0.2, 0.25) is 0 Å². The van der Waals surface area contributed by atoms with E-state index in [4.69, 9.17) is 9.47 Å². The fourth-order valence-corrected chi connectivity index (χ4v) is 2.78. The molecule has 1 aromatic rings. The van der Waals surface area contributed by atoms with E-state index in [9.17, 15) is 5.11 Å². The average molecular weight is 249 g/mol. The monoisotopic (exact) mass is 249 g/mol. The molecule has 0 bridgehead atoms. The third-order valence-electron chi connectivity index (χ3n) is 3.80. The summed E-state index contributed by atoms with van der Waals surface area (Å²) in [5, 5.41) is 9.44. The largest absolute Gasteiger partial charge is 0.508 e. The second-order valence-electron chi connectivity index (χ2n) is 5.12. The van der Waals surface area contributed by atoms with Crippen LogP contribution in [0.25, 0.3) is 0 Å². The van der Waals surface area contributed by atoms with Crippen LogP contribution in [0.5, 0.6) is 11.5 Å². The molecule has 0 aliphatic carbocycles. The van der Waals surface area contributed by atoms with E-state index in [1.165, 1.54) is 6.42 Å². The van der Waals surface area contributed by atoms with Crippen molar-refractivity contribution in [2.75, 3.05) is 26.8 Å². The van der Waals surface area contributed by atoms with Crippen LogP contribution in [0.3, 0.4) is 0 Å². The molecule has 2 atom stereocenters. The highest BCUT2D eigenvalue weighted by atomic mass is 16.5. The molecular formula is C14H19NO3. The Morgan fingerprint density at radius 1 is 1.44 bits per heavy atom. The summed E-state index contributed by atoms with van der Waals surface area (Å²) in [6.07, 6.45) is 2.68. The number of hydrogen-bond donors (Lipinski definition) is 1. The Morgan fingerprint density at radius 2 is 2.33 bits per heavy atom. The fourth-order valence-electron chi connectivity index (χ4n) is 2.78. The van der Waals surface area contributed by atoms with E-state index < -0.39 is 0 Å². The van der Waals surface area contributed by atoms with Crippen LogP contribution in [0.15, 0.2) is 18.2 Å². The summed E-state index contributed by atoms with van der Waals surface area (Å²) in [6.45, 7) is 2.49. The van der Waals surface area contributed by atoms with Gasteiger partial charge in [-0.3, -0.25) is 4.90 Å². The minimum atomic E-state index is 0.260. The molecule has 0 radical (unpaired) electrons. The van der Waals surface area contributed by atoms with Crippen LogP contribution in [-0.2, 0) is 4.74 Å². The third kappa shape index (κ3) is 2.18. The van der Waals surface area contributed by atoms with Crippen LogP contribution in [-0.4, -0.2) is 42.9 Å². The molecule has 2 heterocycles. The molecular weight excluding hydrogens is 230 g/mol. The van der Waals surface area contributed by atoms with Crippen molar-refractivity contribution in [3.05, 3.63) is 23.8 Å². The Kier molecular flexibility index (Phi) is 3.14. The van der Waals surface area contributed by atoms with Gasteiger partial charge in [-0.15, -0.1) is 0 Å². The molecule has 0 spiro atoms. The smallest absolute Gasteiger partial charge is 0.127 e. The quantitative estimate of drug-likeness (QED) is 0.889. The van der Waals surface area contributed by atoms with Crippen molar-refractivity contribution in [1.82, 2.24) is 4.90 Å². The molecule has 0 saturated carbocycles. The van der Waals surface area contributed by atoms with Crippen molar-refractivity contribution in [1.29, 1.82) is 0 Å². The van der Waals surface area contributed by atoms with Gasteiger partial charge in [0, 0.05) is 24.8 Å². The maximum atomic E-state index is 9.44. The van der Waals surface area contributed by atoms with Gasteiger partial charge in [0.15, 0.2) is 0 Å². The van der Waals surface area contributed by atoms with E-state index in [0.717, 1.165) is 30.9 Å². The third-order valence-corrected chi connectivity index (χ3v) is 3.80. The van der Waals surface area contributed by atoms with Gasteiger partial charge >= 0.3 is 0 Å². The van der Waals surface area contributed by atoms with Gasteiger partial charge in [-0.05, 0) is 32.0 Å². The van der Waals surface area contributed by atoms with E-state index in [1.54, 1.807) is 12.1 Å². The van der Waals surface area contributed by atoms with Crippen LogP contribution >= 0.6 is 0 Å². The zero-order chi connectivity index (χ0) is 12.5. The fraction of sp³-hybridized carbons (Fsp3) is 0.571. The standard InChI is InChI=1S/C14H19NO3/c1-15(8-11-3-2-6-17-11)13-9-18-14-7-10(16)4-5-12(13)14/h4-5,7,11,13,16H,2-3,6,8-9H2,1H3. The number of rotatable bonds is 3. The van der Waals surface area contributed by atoms with Crippen LogP contribution in [0, 0.1) is 0 Å². The molecule has 2 aliphatic heterocycles. The molecule has 3 rings (SSSR count). The first kappa shape index (κ1) is 11.8. The summed E-state index contributed by atoms with van der Waals surface area (Å²) >= 11 is 0. The minimum absolute atomic E-state index is 0.260. The molecule has 1 N–H and O–H groups in total. The first-order valence-electron chi connectivity index (χ1n) is 6.51. The minimum Gasteiger partial charge on any atom is -0.508 e. The molecule has 1 aromatic carbocycles. The molecule has 4 heteroatoms. The average Bonchev–Trinajstić information content (AvgIpc) is 2.97. The van der Waals surface area contributed by atoms with Gasteiger partial charge in [0.05, 0.1) is 12.1 Å². The second kappa shape index (κ2) is 4.78. The Labute approximate surface area is 107 Å². The maximum absolute atomic E-state index is 9.44. The number of fused-ring (bicyclic) bond motifs is 1. The van der Waals surface area contributed by atoms with Crippen molar-refractivity contribution in [2.24, 2.45) is 0 Å². The lowest BCUT2D eigenvalue weighted by Gasteiger charge is -2.25. The SMILES string of the molecule is CN(CC1CCCO1)C1COc2cc(O)ccc21. The van der Waals surface area contributed by atoms with Crippen LogP contribution in [0.4, 0.5) is 0 Å². The normalized spacial score (nSPS) is 26.3. The van der Waals surface area contributed by atoms with Gasteiger partial charge in [0.2, 0.25) is 0 Å². The zero-order valence-electron chi connectivity index (χ0n) is 10.6. The number of benzene rings is 1. The number of phenols is 1. The predicted molar refractivity (Wildman–Crippen MR) is 67.9 cm³/mol. The summed E-state index contributed by atoms with van der Waals surface area (Å²) in [5.41, 5.74) is 1.16. The van der Waals surface area contributed by atoms with Crippen LogP contribution < -0.4 is 4.74 Å². The van der Waals surface area contributed by atoms with Crippen molar-refractivity contribution < 1.29 is 14.6 Å². The molecule has 1 fully saturated rings. The van der Waals surface area contributed by atoms with Crippen LogP contribution in [0.1, 0.15) is 24.4 Å². The van der Waals surface area contributed by atoms with Crippen molar-refractivity contribution in [3.63, 3.8) is 0 Å². The molecule has 98 valence electrons. The second-order valence-corrected chi connectivity index (χ2v) is 5.12. The summed E-state index contributed by atoms with van der Waals surface area (Å²) in [6, 6.07) is 5.63. The molecule has 2 unspecified atom stereocenters. The maximum Gasteiger partial charge on any atom is 0.127 e. The lowest BCUT2D eigenvalue weighted by atomic mass is 10.1. The highest BCUT2D eigenvalue weighted by molar-refractivity contribution is 5.44. The molecule has 18 heavy (non-hydrogen) atoms. The first-order chi connectivity index (χ1) is 8.74. The van der Waals surface area contributed by atoms with Gasteiger partial charge in [0.1, 0.15) is 18.1 Å². The summed E-state index contributed by atoms with van der Waals surface area (Å²) in [4.78, 5) is 2.29. The van der Waals surface area contributed by atoms with E-state index in [1.807, 2.05) is 6.07 Å². The summed E-state index contributed by atoms with van der Waals surface area (Å²) in [5.74, 6) is 1.07. The Bertz CT molecular complexity index is 429. The highest BCUT2D eigenvalue weighted by Gasteiger charge is 2.29. The number of nitrogens with zero attached hydrogens (tertiary/aromatic N) is 1. The Balaban J connectivity index is 1.70.